The fraction of sp³-hybridized carbons (Fsp3) is 0.346. The molecule has 2 aromatic heterocycles. The Bertz CT molecular complexity index is 1010. The van der Waals surface area contributed by atoms with E-state index in [0.717, 1.165) is 48.1 Å². The molecule has 0 spiro atoms. The number of hydrogen-bond acceptors (Lipinski definition) is 5. The molecule has 5 N–H and O–H groups in total. The summed E-state index contributed by atoms with van der Waals surface area (Å²) in [7, 11) is 0. The molecule has 3 aromatic rings. The minimum absolute atomic E-state index is 0.0422. The maximum Gasteiger partial charge on any atom is 0.223 e. The number of carbonyl (C=O) groups is 1. The lowest BCUT2D eigenvalue weighted by Crippen LogP contribution is -2.37. The zero-order chi connectivity index (χ0) is 22.3. The van der Waals surface area contributed by atoms with Gasteiger partial charge in [-0.2, -0.15) is 0 Å². The van der Waals surface area contributed by atoms with E-state index in [1.165, 1.54) is 0 Å². The van der Waals surface area contributed by atoms with Gasteiger partial charge in [-0.1, -0.05) is 30.3 Å². The lowest BCUT2D eigenvalue weighted by molar-refractivity contribution is -0.127. The lowest BCUT2D eigenvalue weighted by Gasteiger charge is -2.28. The van der Waals surface area contributed by atoms with Gasteiger partial charge < -0.3 is 16.8 Å². The number of benzene rings is 1. The van der Waals surface area contributed by atoms with Crippen molar-refractivity contribution >= 4 is 11.7 Å². The number of nitrogens with zero attached hydrogens (tertiary/aromatic N) is 2. The fourth-order valence-corrected chi connectivity index (χ4v) is 4.42. The Labute approximate surface area is 189 Å². The van der Waals surface area contributed by atoms with Crippen molar-refractivity contribution in [2.24, 2.45) is 17.6 Å². The molecule has 32 heavy (non-hydrogen) atoms. The molecule has 6 heteroatoms. The molecule has 1 amide bonds. The zero-order valence-electron chi connectivity index (χ0n) is 18.3. The van der Waals surface area contributed by atoms with Gasteiger partial charge in [-0.05, 0) is 80.0 Å². The largest absolute Gasteiger partial charge is 0.384 e. The Morgan fingerprint density at radius 1 is 1.00 bits per heavy atom. The van der Waals surface area contributed by atoms with Gasteiger partial charge in [0.2, 0.25) is 5.91 Å². The van der Waals surface area contributed by atoms with Gasteiger partial charge in [0.15, 0.2) is 0 Å². The first-order valence-corrected chi connectivity index (χ1v) is 11.3. The normalized spacial score (nSPS) is 19.3. The summed E-state index contributed by atoms with van der Waals surface area (Å²) in [5.41, 5.74) is 15.5. The van der Waals surface area contributed by atoms with Gasteiger partial charge in [-0.25, -0.2) is 4.98 Å². The Morgan fingerprint density at radius 2 is 1.78 bits per heavy atom. The van der Waals surface area contributed by atoms with Gasteiger partial charge in [0.1, 0.15) is 5.82 Å². The number of pyridine rings is 2. The van der Waals surface area contributed by atoms with Crippen molar-refractivity contribution in [1.29, 1.82) is 0 Å². The van der Waals surface area contributed by atoms with E-state index in [1.807, 2.05) is 36.4 Å². The molecule has 0 aliphatic heterocycles. The first-order chi connectivity index (χ1) is 15.6. The van der Waals surface area contributed by atoms with Crippen molar-refractivity contribution in [3.05, 3.63) is 78.2 Å². The van der Waals surface area contributed by atoms with Gasteiger partial charge in [-0.3, -0.25) is 9.78 Å². The van der Waals surface area contributed by atoms with E-state index >= 15 is 0 Å². The fourth-order valence-electron chi connectivity index (χ4n) is 4.42. The molecule has 1 unspecified atom stereocenters. The maximum absolute atomic E-state index is 13.2. The average Bonchev–Trinajstić information content (AvgIpc) is 2.85. The molecule has 1 fully saturated rings. The second kappa shape index (κ2) is 10.4. The topological polar surface area (TPSA) is 107 Å². The van der Waals surface area contributed by atoms with Crippen molar-refractivity contribution < 1.29 is 4.79 Å². The molecular weight excluding hydrogens is 398 g/mol. The number of amides is 1. The number of anilines is 1. The second-order valence-corrected chi connectivity index (χ2v) is 8.65. The molecule has 166 valence electrons. The predicted molar refractivity (Wildman–Crippen MR) is 127 cm³/mol. The van der Waals surface area contributed by atoms with Crippen LogP contribution in [0.5, 0.6) is 0 Å². The highest BCUT2D eigenvalue weighted by molar-refractivity contribution is 5.79. The summed E-state index contributed by atoms with van der Waals surface area (Å²) in [5, 5.41) is 3.30. The summed E-state index contributed by atoms with van der Waals surface area (Å²) in [4.78, 5) is 22.0. The maximum atomic E-state index is 13.2. The molecule has 0 bridgehead atoms. The number of rotatable bonds is 7. The molecule has 1 saturated carbocycles. The highest BCUT2D eigenvalue weighted by Gasteiger charge is 2.28. The van der Waals surface area contributed by atoms with Crippen LogP contribution >= 0.6 is 0 Å². The number of nitrogens with two attached hydrogens (primary N) is 2. The number of carbonyl (C=O) groups excluding carboxylic acids is 1. The average molecular weight is 430 g/mol. The van der Waals surface area contributed by atoms with Crippen molar-refractivity contribution in [2.75, 3.05) is 12.3 Å². The minimum atomic E-state index is -0.209. The Hall–Kier alpha value is -3.25. The first kappa shape index (κ1) is 22.0. The van der Waals surface area contributed by atoms with Crippen molar-refractivity contribution in [2.45, 2.75) is 38.1 Å². The van der Waals surface area contributed by atoms with Crippen LogP contribution < -0.4 is 16.8 Å². The van der Waals surface area contributed by atoms with Crippen LogP contribution in [0.2, 0.25) is 0 Å². The van der Waals surface area contributed by atoms with Crippen LogP contribution in [0.15, 0.2) is 67.0 Å². The summed E-state index contributed by atoms with van der Waals surface area (Å²) in [6.07, 6.45) is 8.08. The third-order valence-electron chi connectivity index (χ3n) is 6.41. The van der Waals surface area contributed by atoms with E-state index in [0.29, 0.717) is 24.7 Å². The molecule has 6 nitrogen and oxygen atoms in total. The van der Waals surface area contributed by atoms with Crippen LogP contribution in [0.4, 0.5) is 5.82 Å². The van der Waals surface area contributed by atoms with Crippen molar-refractivity contribution in [3.8, 4) is 11.1 Å². The molecule has 0 radical (unpaired) electrons. The summed E-state index contributed by atoms with van der Waals surface area (Å²) in [6.45, 7) is 0.710. The third-order valence-corrected chi connectivity index (χ3v) is 6.41. The molecular formula is C26H31N5O. The molecule has 1 atom stereocenters. The number of aromatic nitrogens is 2. The van der Waals surface area contributed by atoms with Gasteiger partial charge in [0, 0.05) is 23.9 Å². The SMILES string of the molecule is NCC1CCC(C(=O)NC(Cc2ccccc2)c2cc(-c3ccc(N)nc3)ccn2)CC1. The lowest BCUT2D eigenvalue weighted by atomic mass is 9.81. The minimum Gasteiger partial charge on any atom is -0.384 e. The number of hydrogen-bond donors (Lipinski definition) is 3. The molecule has 4 rings (SSSR count). The van der Waals surface area contributed by atoms with Crippen LogP contribution in [0.1, 0.15) is 43.0 Å². The standard InChI is InChI=1S/C26H31N5O/c27-16-19-6-8-20(9-7-19)26(32)31-24(14-18-4-2-1-3-5-18)23-15-21(12-13-29-23)22-10-11-25(28)30-17-22/h1-5,10-13,15,17,19-20,24H,6-9,14,16,27H2,(H2,28,30)(H,31,32). The van der Waals surface area contributed by atoms with Crippen LogP contribution in [0.3, 0.4) is 0 Å². The van der Waals surface area contributed by atoms with Gasteiger partial charge in [0.05, 0.1) is 11.7 Å². The number of nitrogen functional groups attached to an aromatic ring is 1. The highest BCUT2D eigenvalue weighted by Crippen LogP contribution is 2.30. The second-order valence-electron chi connectivity index (χ2n) is 8.65. The summed E-state index contributed by atoms with van der Waals surface area (Å²) in [5.74, 6) is 1.19. The van der Waals surface area contributed by atoms with Crippen LogP contribution in [-0.4, -0.2) is 22.4 Å². The Balaban J connectivity index is 1.56. The zero-order valence-corrected chi connectivity index (χ0v) is 18.3. The van der Waals surface area contributed by atoms with E-state index in [-0.39, 0.29) is 17.9 Å². The van der Waals surface area contributed by atoms with Crippen LogP contribution in [0, 0.1) is 11.8 Å². The Kier molecular flexibility index (Phi) is 7.12. The molecule has 0 saturated heterocycles. The quantitative estimate of drug-likeness (QED) is 0.528. The molecule has 1 aliphatic rings. The van der Waals surface area contributed by atoms with Gasteiger partial charge in [-0.15, -0.1) is 0 Å². The Morgan fingerprint density at radius 3 is 2.47 bits per heavy atom. The van der Waals surface area contributed by atoms with Crippen LogP contribution in [-0.2, 0) is 11.2 Å². The van der Waals surface area contributed by atoms with Crippen LogP contribution in [0.25, 0.3) is 11.1 Å². The third kappa shape index (κ3) is 5.51. The van der Waals surface area contributed by atoms with Gasteiger partial charge in [0.25, 0.3) is 0 Å². The van der Waals surface area contributed by atoms with E-state index in [9.17, 15) is 4.79 Å². The summed E-state index contributed by atoms with van der Waals surface area (Å²) >= 11 is 0. The van der Waals surface area contributed by atoms with Crippen molar-refractivity contribution in [3.63, 3.8) is 0 Å². The summed E-state index contributed by atoms with van der Waals surface area (Å²) < 4.78 is 0. The smallest absolute Gasteiger partial charge is 0.223 e. The van der Waals surface area contributed by atoms with E-state index < -0.39 is 0 Å². The predicted octanol–water partition coefficient (Wildman–Crippen LogP) is 3.89. The van der Waals surface area contributed by atoms with E-state index in [2.05, 4.69) is 27.4 Å². The molecule has 1 aliphatic carbocycles. The van der Waals surface area contributed by atoms with E-state index in [1.54, 1.807) is 18.5 Å². The first-order valence-electron chi connectivity index (χ1n) is 11.3. The van der Waals surface area contributed by atoms with E-state index in [4.69, 9.17) is 11.5 Å². The highest BCUT2D eigenvalue weighted by atomic mass is 16.1. The molecule has 2 heterocycles. The molecule has 1 aromatic carbocycles. The summed E-state index contributed by atoms with van der Waals surface area (Å²) in [6, 6.07) is 17.7. The van der Waals surface area contributed by atoms with Gasteiger partial charge >= 0.3 is 0 Å². The monoisotopic (exact) mass is 429 g/mol. The van der Waals surface area contributed by atoms with Crippen molar-refractivity contribution in [1.82, 2.24) is 15.3 Å². The number of nitrogens with one attached hydrogen (secondary N) is 1.